The molecule has 1 heterocycles. The second kappa shape index (κ2) is 7.28. The molecule has 1 atom stereocenters. The molecule has 4 rings (SSSR count). The SMILES string of the molecule is C=CC(c1ccccc1)c1cc(-c2ccccc2)[nH]c1-c1ccccc1. The first kappa shape index (κ1) is 16.2. The minimum atomic E-state index is 0.139. The molecule has 4 aromatic rings. The zero-order chi connectivity index (χ0) is 17.8. The van der Waals surface area contributed by atoms with E-state index in [1.807, 2.05) is 24.3 Å². The van der Waals surface area contributed by atoms with Crippen LogP contribution in [-0.2, 0) is 0 Å². The van der Waals surface area contributed by atoms with Gasteiger partial charge >= 0.3 is 0 Å². The van der Waals surface area contributed by atoms with Gasteiger partial charge in [0.25, 0.3) is 0 Å². The van der Waals surface area contributed by atoms with E-state index in [-0.39, 0.29) is 5.92 Å². The van der Waals surface area contributed by atoms with Crippen LogP contribution in [0.25, 0.3) is 22.5 Å². The van der Waals surface area contributed by atoms with Gasteiger partial charge in [-0.1, -0.05) is 97.1 Å². The fraction of sp³-hybridized carbons (Fsp3) is 0.0400. The molecule has 1 aromatic heterocycles. The van der Waals surface area contributed by atoms with E-state index >= 15 is 0 Å². The summed E-state index contributed by atoms with van der Waals surface area (Å²) in [7, 11) is 0. The van der Waals surface area contributed by atoms with E-state index in [1.54, 1.807) is 0 Å². The van der Waals surface area contributed by atoms with Crippen LogP contribution >= 0.6 is 0 Å². The standard InChI is InChI=1S/C25H21N/c1-2-22(19-12-6-3-7-13-19)23-18-24(20-14-8-4-9-15-20)26-25(23)21-16-10-5-11-17-21/h2-18,22,26H,1H2. The predicted molar refractivity (Wildman–Crippen MR) is 110 cm³/mol. The van der Waals surface area contributed by atoms with Gasteiger partial charge in [0.1, 0.15) is 0 Å². The van der Waals surface area contributed by atoms with Gasteiger partial charge in [0, 0.05) is 11.6 Å². The Bertz CT molecular complexity index is 982. The molecular formula is C25H21N. The third-order valence-electron chi connectivity index (χ3n) is 4.72. The Morgan fingerprint density at radius 1 is 0.692 bits per heavy atom. The van der Waals surface area contributed by atoms with Crippen LogP contribution in [0.2, 0.25) is 0 Å². The third kappa shape index (κ3) is 3.12. The molecule has 1 unspecified atom stereocenters. The molecule has 0 fully saturated rings. The lowest BCUT2D eigenvalue weighted by atomic mass is 9.89. The van der Waals surface area contributed by atoms with Gasteiger partial charge in [-0.25, -0.2) is 0 Å². The first-order chi connectivity index (χ1) is 12.9. The van der Waals surface area contributed by atoms with Gasteiger partial charge in [-0.15, -0.1) is 6.58 Å². The summed E-state index contributed by atoms with van der Waals surface area (Å²) in [6.07, 6.45) is 2.03. The average molecular weight is 335 g/mol. The molecule has 1 nitrogen and oxygen atoms in total. The molecule has 0 aliphatic rings. The monoisotopic (exact) mass is 335 g/mol. The zero-order valence-electron chi connectivity index (χ0n) is 14.6. The molecule has 0 saturated heterocycles. The number of rotatable bonds is 5. The normalized spacial score (nSPS) is 11.8. The van der Waals surface area contributed by atoms with Crippen molar-refractivity contribution in [2.45, 2.75) is 5.92 Å². The van der Waals surface area contributed by atoms with Crippen molar-refractivity contribution in [3.05, 3.63) is 121 Å². The molecule has 126 valence electrons. The summed E-state index contributed by atoms with van der Waals surface area (Å²) in [6, 6.07) is 33.8. The van der Waals surface area contributed by atoms with E-state index in [2.05, 4.69) is 90.4 Å². The molecule has 0 spiro atoms. The van der Waals surface area contributed by atoms with Crippen molar-refractivity contribution in [2.24, 2.45) is 0 Å². The van der Waals surface area contributed by atoms with E-state index in [0.29, 0.717) is 0 Å². The molecule has 0 bridgehead atoms. The lowest BCUT2D eigenvalue weighted by Gasteiger charge is -2.14. The van der Waals surface area contributed by atoms with Crippen LogP contribution in [0.15, 0.2) is 110 Å². The fourth-order valence-electron chi connectivity index (χ4n) is 3.44. The number of allylic oxidation sites excluding steroid dienone is 1. The number of benzene rings is 3. The maximum absolute atomic E-state index is 4.12. The Morgan fingerprint density at radius 2 is 1.23 bits per heavy atom. The van der Waals surface area contributed by atoms with Crippen LogP contribution in [0, 0.1) is 0 Å². The molecule has 0 amide bonds. The Morgan fingerprint density at radius 3 is 1.81 bits per heavy atom. The third-order valence-corrected chi connectivity index (χ3v) is 4.72. The summed E-state index contributed by atoms with van der Waals surface area (Å²) in [5.41, 5.74) is 7.15. The molecule has 3 aromatic carbocycles. The van der Waals surface area contributed by atoms with E-state index in [1.165, 1.54) is 22.3 Å². The van der Waals surface area contributed by atoms with Crippen LogP contribution in [-0.4, -0.2) is 4.98 Å². The molecule has 0 radical (unpaired) electrons. The van der Waals surface area contributed by atoms with Crippen molar-refractivity contribution in [1.82, 2.24) is 4.98 Å². The average Bonchev–Trinajstić information content (AvgIpc) is 3.16. The number of nitrogens with one attached hydrogen (secondary N) is 1. The Kier molecular flexibility index (Phi) is 4.53. The number of H-pyrrole nitrogens is 1. The Hall–Kier alpha value is -3.32. The van der Waals surface area contributed by atoms with Crippen molar-refractivity contribution in [1.29, 1.82) is 0 Å². The van der Waals surface area contributed by atoms with Gasteiger partial charge in [-0.05, 0) is 28.3 Å². The highest BCUT2D eigenvalue weighted by Crippen LogP contribution is 2.37. The number of hydrogen-bond donors (Lipinski definition) is 1. The molecular weight excluding hydrogens is 314 g/mol. The van der Waals surface area contributed by atoms with Crippen LogP contribution < -0.4 is 0 Å². The second-order valence-corrected chi connectivity index (χ2v) is 6.37. The van der Waals surface area contributed by atoms with Crippen molar-refractivity contribution >= 4 is 0 Å². The molecule has 0 aliphatic carbocycles. The van der Waals surface area contributed by atoms with E-state index in [0.717, 1.165) is 11.4 Å². The topological polar surface area (TPSA) is 15.8 Å². The second-order valence-electron chi connectivity index (χ2n) is 6.37. The highest BCUT2D eigenvalue weighted by atomic mass is 14.7. The van der Waals surface area contributed by atoms with Crippen LogP contribution in [0.1, 0.15) is 17.0 Å². The van der Waals surface area contributed by atoms with Gasteiger partial charge in [0.05, 0.1) is 5.69 Å². The zero-order valence-corrected chi connectivity index (χ0v) is 14.6. The summed E-state index contributed by atoms with van der Waals surface area (Å²) in [5, 5.41) is 0. The highest BCUT2D eigenvalue weighted by Gasteiger charge is 2.19. The van der Waals surface area contributed by atoms with Gasteiger partial charge in [0.2, 0.25) is 0 Å². The van der Waals surface area contributed by atoms with Crippen molar-refractivity contribution in [3.8, 4) is 22.5 Å². The minimum Gasteiger partial charge on any atom is -0.354 e. The van der Waals surface area contributed by atoms with Gasteiger partial charge in [0.15, 0.2) is 0 Å². The van der Waals surface area contributed by atoms with E-state index in [4.69, 9.17) is 0 Å². The van der Waals surface area contributed by atoms with Crippen LogP contribution in [0.5, 0.6) is 0 Å². The summed E-state index contributed by atoms with van der Waals surface area (Å²) >= 11 is 0. The lowest BCUT2D eigenvalue weighted by molar-refractivity contribution is 1.04. The van der Waals surface area contributed by atoms with E-state index in [9.17, 15) is 0 Å². The number of aromatic nitrogens is 1. The van der Waals surface area contributed by atoms with Crippen molar-refractivity contribution < 1.29 is 0 Å². The maximum Gasteiger partial charge on any atom is 0.0500 e. The summed E-state index contributed by atoms with van der Waals surface area (Å²) in [4.78, 5) is 3.65. The highest BCUT2D eigenvalue weighted by molar-refractivity contribution is 5.73. The van der Waals surface area contributed by atoms with Crippen molar-refractivity contribution in [2.75, 3.05) is 0 Å². The molecule has 0 saturated carbocycles. The first-order valence-electron chi connectivity index (χ1n) is 8.88. The van der Waals surface area contributed by atoms with E-state index < -0.39 is 0 Å². The maximum atomic E-state index is 4.12. The quantitative estimate of drug-likeness (QED) is 0.392. The van der Waals surface area contributed by atoms with Crippen LogP contribution in [0.3, 0.4) is 0 Å². The number of hydrogen-bond acceptors (Lipinski definition) is 0. The summed E-state index contributed by atoms with van der Waals surface area (Å²) in [5.74, 6) is 0.139. The smallest absolute Gasteiger partial charge is 0.0500 e. The summed E-state index contributed by atoms with van der Waals surface area (Å²) in [6.45, 7) is 4.12. The predicted octanol–water partition coefficient (Wildman–Crippen LogP) is 6.67. The molecule has 26 heavy (non-hydrogen) atoms. The molecule has 1 N–H and O–H groups in total. The largest absolute Gasteiger partial charge is 0.354 e. The molecule has 1 heteroatoms. The van der Waals surface area contributed by atoms with Gasteiger partial charge < -0.3 is 4.98 Å². The molecule has 0 aliphatic heterocycles. The van der Waals surface area contributed by atoms with Gasteiger partial charge in [-0.3, -0.25) is 0 Å². The number of aromatic amines is 1. The lowest BCUT2D eigenvalue weighted by Crippen LogP contribution is -1.98. The fourth-order valence-corrected chi connectivity index (χ4v) is 3.44. The Labute approximate surface area is 154 Å². The minimum absolute atomic E-state index is 0.139. The van der Waals surface area contributed by atoms with Crippen molar-refractivity contribution in [3.63, 3.8) is 0 Å². The summed E-state index contributed by atoms with van der Waals surface area (Å²) < 4.78 is 0. The Balaban J connectivity index is 1.89. The first-order valence-corrected chi connectivity index (χ1v) is 8.88. The van der Waals surface area contributed by atoms with Crippen LogP contribution in [0.4, 0.5) is 0 Å². The van der Waals surface area contributed by atoms with Gasteiger partial charge in [-0.2, -0.15) is 0 Å².